The molecule has 0 aliphatic rings. The van der Waals surface area contributed by atoms with Gasteiger partial charge in [-0.25, -0.2) is 0 Å². The standard InChI is InChI=1S/C11H14N2O/c1-4-11(2,8-12)10-6-5-9(14-3)7-13-10/h5-7H,4H2,1-3H3. The number of methoxy groups -OCH3 is 1. The highest BCUT2D eigenvalue weighted by Gasteiger charge is 2.25. The molecule has 0 amide bonds. The molecule has 0 radical (unpaired) electrons. The second-order valence-electron chi connectivity index (χ2n) is 3.38. The Hall–Kier alpha value is -1.56. The van der Waals surface area contributed by atoms with Crippen LogP contribution in [0.3, 0.4) is 0 Å². The van der Waals surface area contributed by atoms with Crippen LogP contribution in [0.2, 0.25) is 0 Å². The molecule has 0 aromatic carbocycles. The molecule has 1 unspecified atom stereocenters. The number of rotatable bonds is 3. The summed E-state index contributed by atoms with van der Waals surface area (Å²) in [7, 11) is 1.60. The van der Waals surface area contributed by atoms with Crippen LogP contribution in [0.25, 0.3) is 0 Å². The highest BCUT2D eigenvalue weighted by atomic mass is 16.5. The van der Waals surface area contributed by atoms with Gasteiger partial charge in [0.05, 0.1) is 30.5 Å². The molecular weight excluding hydrogens is 176 g/mol. The Kier molecular flexibility index (Phi) is 3.08. The van der Waals surface area contributed by atoms with Gasteiger partial charge < -0.3 is 4.74 Å². The molecule has 1 rings (SSSR count). The first-order valence-electron chi connectivity index (χ1n) is 4.58. The van der Waals surface area contributed by atoms with E-state index in [1.165, 1.54) is 0 Å². The summed E-state index contributed by atoms with van der Waals surface area (Å²) < 4.78 is 5.00. The van der Waals surface area contributed by atoms with Gasteiger partial charge in [-0.3, -0.25) is 4.98 Å². The first kappa shape index (κ1) is 10.5. The van der Waals surface area contributed by atoms with Crippen molar-refractivity contribution in [1.82, 2.24) is 4.98 Å². The number of hydrogen-bond donors (Lipinski definition) is 0. The van der Waals surface area contributed by atoms with E-state index < -0.39 is 5.41 Å². The van der Waals surface area contributed by atoms with Gasteiger partial charge in [0.15, 0.2) is 0 Å². The number of aromatic nitrogens is 1. The van der Waals surface area contributed by atoms with E-state index in [-0.39, 0.29) is 0 Å². The highest BCUT2D eigenvalue weighted by Crippen LogP contribution is 2.25. The van der Waals surface area contributed by atoms with Crippen LogP contribution < -0.4 is 4.74 Å². The molecule has 14 heavy (non-hydrogen) atoms. The topological polar surface area (TPSA) is 45.9 Å². The van der Waals surface area contributed by atoms with Gasteiger partial charge in [-0.1, -0.05) is 6.92 Å². The summed E-state index contributed by atoms with van der Waals surface area (Å²) in [6, 6.07) is 5.94. The quantitative estimate of drug-likeness (QED) is 0.734. The van der Waals surface area contributed by atoms with Crippen molar-refractivity contribution < 1.29 is 4.74 Å². The minimum Gasteiger partial charge on any atom is -0.495 e. The zero-order chi connectivity index (χ0) is 10.6. The van der Waals surface area contributed by atoms with Crippen molar-refractivity contribution in [2.75, 3.05) is 7.11 Å². The molecule has 1 heterocycles. The third-order valence-corrected chi connectivity index (χ3v) is 2.49. The van der Waals surface area contributed by atoms with Gasteiger partial charge in [0.2, 0.25) is 0 Å². The van der Waals surface area contributed by atoms with Crippen molar-refractivity contribution in [3.8, 4) is 11.8 Å². The number of pyridine rings is 1. The van der Waals surface area contributed by atoms with Crippen molar-refractivity contribution in [1.29, 1.82) is 5.26 Å². The summed E-state index contributed by atoms with van der Waals surface area (Å²) in [5.41, 5.74) is 0.301. The average Bonchev–Trinajstić information content (AvgIpc) is 2.28. The molecule has 0 bridgehead atoms. The fourth-order valence-electron chi connectivity index (χ4n) is 1.14. The van der Waals surface area contributed by atoms with Gasteiger partial charge in [0.25, 0.3) is 0 Å². The fourth-order valence-corrected chi connectivity index (χ4v) is 1.14. The molecular formula is C11H14N2O. The van der Waals surface area contributed by atoms with E-state index in [9.17, 15) is 0 Å². The molecule has 0 spiro atoms. The van der Waals surface area contributed by atoms with Gasteiger partial charge in [-0.2, -0.15) is 5.26 Å². The Morgan fingerprint density at radius 3 is 2.64 bits per heavy atom. The summed E-state index contributed by atoms with van der Waals surface area (Å²) in [4.78, 5) is 4.22. The number of hydrogen-bond acceptors (Lipinski definition) is 3. The Bertz CT molecular complexity index is 339. The van der Waals surface area contributed by atoms with Crippen molar-refractivity contribution in [2.45, 2.75) is 25.7 Å². The molecule has 0 aliphatic carbocycles. The van der Waals surface area contributed by atoms with Crippen molar-refractivity contribution in [2.24, 2.45) is 0 Å². The molecule has 1 atom stereocenters. The van der Waals surface area contributed by atoms with Crippen LogP contribution in [0.5, 0.6) is 5.75 Å². The maximum absolute atomic E-state index is 9.04. The van der Waals surface area contributed by atoms with Gasteiger partial charge >= 0.3 is 0 Å². The van der Waals surface area contributed by atoms with E-state index in [1.807, 2.05) is 26.0 Å². The Balaban J connectivity index is 3.03. The smallest absolute Gasteiger partial charge is 0.137 e. The third kappa shape index (κ3) is 1.85. The summed E-state index contributed by atoms with van der Waals surface area (Å²) in [5.74, 6) is 0.713. The number of nitriles is 1. The molecule has 0 aliphatic heterocycles. The predicted octanol–water partition coefficient (Wildman–Crippen LogP) is 2.28. The lowest BCUT2D eigenvalue weighted by atomic mass is 9.85. The predicted molar refractivity (Wildman–Crippen MR) is 54.0 cm³/mol. The zero-order valence-corrected chi connectivity index (χ0v) is 8.74. The van der Waals surface area contributed by atoms with E-state index in [0.29, 0.717) is 5.75 Å². The molecule has 0 N–H and O–H groups in total. The number of ether oxygens (including phenoxy) is 1. The Morgan fingerprint density at radius 2 is 2.29 bits per heavy atom. The molecule has 0 fully saturated rings. The van der Waals surface area contributed by atoms with Crippen LogP contribution in [0.4, 0.5) is 0 Å². The van der Waals surface area contributed by atoms with Crippen molar-refractivity contribution in [3.63, 3.8) is 0 Å². The van der Waals surface area contributed by atoms with E-state index >= 15 is 0 Å². The minimum atomic E-state index is -0.494. The van der Waals surface area contributed by atoms with Crippen molar-refractivity contribution in [3.05, 3.63) is 24.0 Å². The maximum atomic E-state index is 9.04. The SMILES string of the molecule is CCC(C)(C#N)c1ccc(OC)cn1. The van der Waals surface area contributed by atoms with E-state index in [0.717, 1.165) is 12.1 Å². The first-order chi connectivity index (χ1) is 6.66. The Labute approximate surface area is 84.3 Å². The number of nitrogens with zero attached hydrogens (tertiary/aromatic N) is 2. The normalized spacial score (nSPS) is 14.1. The van der Waals surface area contributed by atoms with Gasteiger partial charge in [-0.05, 0) is 25.5 Å². The molecule has 0 saturated carbocycles. The van der Waals surface area contributed by atoms with Crippen LogP contribution in [-0.2, 0) is 5.41 Å². The maximum Gasteiger partial charge on any atom is 0.137 e. The summed E-state index contributed by atoms with van der Waals surface area (Å²) in [6.07, 6.45) is 2.39. The summed E-state index contributed by atoms with van der Waals surface area (Å²) in [5, 5.41) is 9.04. The molecule has 1 aromatic rings. The van der Waals surface area contributed by atoms with Crippen LogP contribution in [0, 0.1) is 11.3 Å². The van der Waals surface area contributed by atoms with Crippen LogP contribution >= 0.6 is 0 Å². The lowest BCUT2D eigenvalue weighted by Gasteiger charge is -2.18. The first-order valence-corrected chi connectivity index (χ1v) is 4.58. The lowest BCUT2D eigenvalue weighted by molar-refractivity contribution is 0.411. The second kappa shape index (κ2) is 4.10. The third-order valence-electron chi connectivity index (χ3n) is 2.49. The highest BCUT2D eigenvalue weighted by molar-refractivity contribution is 5.28. The fraction of sp³-hybridized carbons (Fsp3) is 0.455. The lowest BCUT2D eigenvalue weighted by Crippen LogP contribution is -2.19. The average molecular weight is 190 g/mol. The van der Waals surface area contributed by atoms with E-state index in [4.69, 9.17) is 10.00 Å². The second-order valence-corrected chi connectivity index (χ2v) is 3.38. The van der Waals surface area contributed by atoms with Crippen LogP contribution in [0.1, 0.15) is 26.0 Å². The van der Waals surface area contributed by atoms with Crippen LogP contribution in [-0.4, -0.2) is 12.1 Å². The van der Waals surface area contributed by atoms with E-state index in [2.05, 4.69) is 11.1 Å². The van der Waals surface area contributed by atoms with E-state index in [1.54, 1.807) is 13.3 Å². The molecule has 1 aromatic heterocycles. The minimum absolute atomic E-state index is 0.494. The monoisotopic (exact) mass is 190 g/mol. The van der Waals surface area contributed by atoms with Gasteiger partial charge in [0.1, 0.15) is 5.75 Å². The molecule has 3 nitrogen and oxygen atoms in total. The van der Waals surface area contributed by atoms with Gasteiger partial charge in [-0.15, -0.1) is 0 Å². The summed E-state index contributed by atoms with van der Waals surface area (Å²) in [6.45, 7) is 3.87. The van der Waals surface area contributed by atoms with Crippen molar-refractivity contribution >= 4 is 0 Å². The molecule has 3 heteroatoms. The zero-order valence-electron chi connectivity index (χ0n) is 8.74. The van der Waals surface area contributed by atoms with Crippen LogP contribution in [0.15, 0.2) is 18.3 Å². The largest absolute Gasteiger partial charge is 0.495 e. The Morgan fingerprint density at radius 1 is 1.57 bits per heavy atom. The van der Waals surface area contributed by atoms with Gasteiger partial charge in [0, 0.05) is 0 Å². The summed E-state index contributed by atoms with van der Waals surface area (Å²) >= 11 is 0. The molecule has 74 valence electrons. The molecule has 0 saturated heterocycles.